The number of hydrogen-bond donors (Lipinski definition) is 1. The Morgan fingerprint density at radius 1 is 1.05 bits per heavy atom. The molecule has 19 heavy (non-hydrogen) atoms. The number of benzene rings is 2. The second-order valence-electron chi connectivity index (χ2n) is 4.83. The van der Waals surface area contributed by atoms with E-state index in [0.717, 1.165) is 4.88 Å². The third-order valence-electron chi connectivity index (χ3n) is 3.45. The second-order valence-corrected chi connectivity index (χ2v) is 5.95. The third-order valence-corrected chi connectivity index (χ3v) is 4.66. The molecule has 1 atom stereocenters. The first-order chi connectivity index (χ1) is 9.24. The Bertz CT molecular complexity index is 666. The van der Waals surface area contributed by atoms with Crippen LogP contribution < -0.4 is 0 Å². The maximum Gasteiger partial charge on any atom is 0.0922 e. The molecule has 0 radical (unpaired) electrons. The van der Waals surface area contributed by atoms with Gasteiger partial charge in [0, 0.05) is 16.0 Å². The summed E-state index contributed by atoms with van der Waals surface area (Å²) in [7, 11) is 0. The van der Waals surface area contributed by atoms with Gasteiger partial charge in [-0.3, -0.25) is 0 Å². The van der Waals surface area contributed by atoms with Crippen LogP contribution in [0.1, 0.15) is 22.1 Å². The van der Waals surface area contributed by atoms with E-state index in [-0.39, 0.29) is 0 Å². The molecule has 96 valence electrons. The minimum absolute atomic E-state index is 0.418. The molecule has 0 amide bonds. The summed E-state index contributed by atoms with van der Waals surface area (Å²) < 4.78 is 1.24. The maximum absolute atomic E-state index is 10.4. The van der Waals surface area contributed by atoms with Crippen molar-refractivity contribution in [2.24, 2.45) is 0 Å². The lowest BCUT2D eigenvalue weighted by molar-refractivity contribution is 0.182. The van der Waals surface area contributed by atoms with Crippen LogP contribution in [0.25, 0.3) is 10.1 Å². The van der Waals surface area contributed by atoms with Crippen LogP contribution in [0, 0.1) is 6.92 Å². The van der Waals surface area contributed by atoms with Gasteiger partial charge in [0.05, 0.1) is 6.10 Å². The van der Waals surface area contributed by atoms with Crippen molar-refractivity contribution < 1.29 is 5.11 Å². The van der Waals surface area contributed by atoms with Gasteiger partial charge in [0.1, 0.15) is 0 Å². The van der Waals surface area contributed by atoms with Gasteiger partial charge in [-0.05, 0) is 35.6 Å². The van der Waals surface area contributed by atoms with Gasteiger partial charge in [-0.2, -0.15) is 0 Å². The normalized spacial score (nSPS) is 12.7. The fourth-order valence-electron chi connectivity index (χ4n) is 2.31. The summed E-state index contributed by atoms with van der Waals surface area (Å²) in [6, 6.07) is 18.6. The molecule has 1 N–H and O–H groups in total. The van der Waals surface area contributed by atoms with Crippen molar-refractivity contribution in [3.63, 3.8) is 0 Å². The number of aryl methyl sites for hydroxylation is 1. The lowest BCUT2D eigenvalue weighted by atomic mass is 10.0. The van der Waals surface area contributed by atoms with Crippen molar-refractivity contribution in [2.75, 3.05) is 0 Å². The van der Waals surface area contributed by atoms with Crippen molar-refractivity contribution in [1.29, 1.82) is 0 Å². The molecule has 1 heterocycles. The largest absolute Gasteiger partial charge is 0.387 e. The quantitative estimate of drug-likeness (QED) is 0.742. The molecule has 1 nitrogen and oxygen atoms in total. The highest BCUT2D eigenvalue weighted by Crippen LogP contribution is 2.31. The Labute approximate surface area is 117 Å². The molecule has 1 unspecified atom stereocenters. The van der Waals surface area contributed by atoms with Crippen LogP contribution in [0.3, 0.4) is 0 Å². The van der Waals surface area contributed by atoms with E-state index >= 15 is 0 Å². The maximum atomic E-state index is 10.4. The highest BCUT2D eigenvalue weighted by molar-refractivity contribution is 7.19. The summed E-state index contributed by atoms with van der Waals surface area (Å²) >= 11 is 1.68. The molecule has 2 aromatic carbocycles. The Balaban J connectivity index is 1.87. The van der Waals surface area contributed by atoms with Gasteiger partial charge >= 0.3 is 0 Å². The lowest BCUT2D eigenvalue weighted by Crippen LogP contribution is -2.00. The predicted molar refractivity (Wildman–Crippen MR) is 81.7 cm³/mol. The summed E-state index contributed by atoms with van der Waals surface area (Å²) in [6.07, 6.45) is 0.262. The van der Waals surface area contributed by atoms with Gasteiger partial charge in [-0.1, -0.05) is 42.5 Å². The van der Waals surface area contributed by atoms with Crippen molar-refractivity contribution in [3.05, 3.63) is 70.6 Å². The molecule has 1 aromatic heterocycles. The smallest absolute Gasteiger partial charge is 0.0922 e. The van der Waals surface area contributed by atoms with Crippen LogP contribution in [0.4, 0.5) is 0 Å². The molecule has 0 saturated carbocycles. The molecule has 0 spiro atoms. The molecular weight excluding hydrogens is 252 g/mol. The Hall–Kier alpha value is -1.64. The summed E-state index contributed by atoms with van der Waals surface area (Å²) in [6.45, 7) is 2.09. The summed E-state index contributed by atoms with van der Waals surface area (Å²) in [5.74, 6) is 0. The highest BCUT2D eigenvalue weighted by Gasteiger charge is 2.13. The van der Waals surface area contributed by atoms with Gasteiger partial charge in [-0.25, -0.2) is 0 Å². The zero-order chi connectivity index (χ0) is 13.2. The van der Waals surface area contributed by atoms with Crippen LogP contribution in [0.5, 0.6) is 0 Å². The molecule has 0 bridgehead atoms. The van der Waals surface area contributed by atoms with Crippen LogP contribution in [-0.4, -0.2) is 5.11 Å². The van der Waals surface area contributed by atoms with Gasteiger partial charge in [-0.15, -0.1) is 11.3 Å². The van der Waals surface area contributed by atoms with Gasteiger partial charge in [0.25, 0.3) is 0 Å². The SMILES string of the molecule is Cc1ccccc1CC(O)c1cc2ccccc2s1. The first-order valence-electron chi connectivity index (χ1n) is 6.45. The number of thiophene rings is 1. The number of aliphatic hydroxyl groups is 1. The predicted octanol–water partition coefficient (Wildman–Crippen LogP) is 4.49. The summed E-state index contributed by atoms with van der Waals surface area (Å²) in [4.78, 5) is 1.05. The van der Waals surface area contributed by atoms with E-state index in [1.54, 1.807) is 11.3 Å². The van der Waals surface area contributed by atoms with Gasteiger partial charge < -0.3 is 5.11 Å². The Kier molecular flexibility index (Phi) is 3.36. The van der Waals surface area contributed by atoms with E-state index < -0.39 is 6.10 Å². The first kappa shape index (κ1) is 12.4. The van der Waals surface area contributed by atoms with Crippen LogP contribution in [0.2, 0.25) is 0 Å². The molecule has 0 saturated heterocycles. The number of fused-ring (bicyclic) bond motifs is 1. The summed E-state index contributed by atoms with van der Waals surface area (Å²) in [5, 5.41) is 11.6. The zero-order valence-electron chi connectivity index (χ0n) is 10.8. The van der Waals surface area contributed by atoms with Crippen LogP contribution >= 0.6 is 11.3 Å². The molecule has 0 aliphatic carbocycles. The Morgan fingerprint density at radius 3 is 2.58 bits per heavy atom. The van der Waals surface area contributed by atoms with Crippen molar-refractivity contribution in [1.82, 2.24) is 0 Å². The highest BCUT2D eigenvalue weighted by atomic mass is 32.1. The van der Waals surface area contributed by atoms with Crippen molar-refractivity contribution in [3.8, 4) is 0 Å². The number of rotatable bonds is 3. The van der Waals surface area contributed by atoms with E-state index in [0.29, 0.717) is 6.42 Å². The molecule has 3 rings (SSSR count). The fraction of sp³-hybridized carbons (Fsp3) is 0.176. The van der Waals surface area contributed by atoms with E-state index in [1.807, 2.05) is 24.3 Å². The number of hydrogen-bond acceptors (Lipinski definition) is 2. The first-order valence-corrected chi connectivity index (χ1v) is 7.27. The van der Waals surface area contributed by atoms with Gasteiger partial charge in [0.15, 0.2) is 0 Å². The topological polar surface area (TPSA) is 20.2 Å². The zero-order valence-corrected chi connectivity index (χ0v) is 11.7. The van der Waals surface area contributed by atoms with E-state index in [1.165, 1.54) is 21.2 Å². The monoisotopic (exact) mass is 268 g/mol. The fourth-order valence-corrected chi connectivity index (χ4v) is 3.37. The second kappa shape index (κ2) is 5.16. The third kappa shape index (κ3) is 2.55. The van der Waals surface area contributed by atoms with Gasteiger partial charge in [0.2, 0.25) is 0 Å². The minimum atomic E-state index is -0.418. The molecular formula is C17H16OS. The summed E-state index contributed by atoms with van der Waals surface area (Å²) in [5.41, 5.74) is 2.45. The van der Waals surface area contributed by atoms with Crippen molar-refractivity contribution in [2.45, 2.75) is 19.4 Å². The van der Waals surface area contributed by atoms with Crippen molar-refractivity contribution >= 4 is 21.4 Å². The van der Waals surface area contributed by atoms with E-state index in [9.17, 15) is 5.11 Å². The average Bonchev–Trinajstić information content (AvgIpc) is 2.85. The standard InChI is InChI=1S/C17H16OS/c1-12-6-2-3-7-13(12)10-15(18)17-11-14-8-4-5-9-16(14)19-17/h2-9,11,15,18H,10H2,1H3. The molecule has 0 fully saturated rings. The van der Waals surface area contributed by atoms with E-state index in [4.69, 9.17) is 0 Å². The van der Waals surface area contributed by atoms with Crippen LogP contribution in [-0.2, 0) is 6.42 Å². The average molecular weight is 268 g/mol. The Morgan fingerprint density at radius 2 is 1.79 bits per heavy atom. The van der Waals surface area contributed by atoms with E-state index in [2.05, 4.69) is 37.3 Å². The molecule has 0 aliphatic heterocycles. The van der Waals surface area contributed by atoms with Crippen LogP contribution in [0.15, 0.2) is 54.6 Å². The lowest BCUT2D eigenvalue weighted by Gasteiger charge is -2.10. The molecule has 2 heteroatoms. The number of aliphatic hydroxyl groups excluding tert-OH is 1. The molecule has 3 aromatic rings. The minimum Gasteiger partial charge on any atom is -0.387 e. The molecule has 0 aliphatic rings.